The van der Waals surface area contributed by atoms with Gasteiger partial charge in [0.15, 0.2) is 5.41 Å². The fourth-order valence-corrected chi connectivity index (χ4v) is 1.36. The zero-order valence-electron chi connectivity index (χ0n) is 10.9. The van der Waals surface area contributed by atoms with Crippen molar-refractivity contribution in [1.82, 2.24) is 0 Å². The van der Waals surface area contributed by atoms with Gasteiger partial charge in [-0.05, 0) is 0 Å². The molecule has 0 saturated carbocycles. The van der Waals surface area contributed by atoms with Gasteiger partial charge < -0.3 is 19.7 Å². The summed E-state index contributed by atoms with van der Waals surface area (Å²) >= 11 is 0. The molecule has 0 heterocycles. The maximum atomic E-state index is 11.8. The van der Waals surface area contributed by atoms with Crippen molar-refractivity contribution in [1.29, 1.82) is 0 Å². The van der Waals surface area contributed by atoms with Crippen LogP contribution in [0.25, 0.3) is 0 Å². The molecule has 0 saturated heterocycles. The third kappa shape index (κ3) is 4.63. The van der Waals surface area contributed by atoms with E-state index in [9.17, 15) is 9.59 Å². The Labute approximate surface area is 111 Å². The summed E-state index contributed by atoms with van der Waals surface area (Å²) < 4.78 is 9.20. The van der Waals surface area contributed by atoms with Gasteiger partial charge in [-0.25, -0.2) is 0 Å². The lowest BCUT2D eigenvalue weighted by atomic mass is 9.81. The first kappa shape index (κ1) is 17.0. The van der Waals surface area contributed by atoms with Crippen molar-refractivity contribution >= 4 is 11.9 Å². The molecule has 0 aliphatic rings. The molecule has 0 bridgehead atoms. The maximum Gasteiger partial charge on any atom is 0.325 e. The number of aliphatic hydroxyl groups excluding tert-OH is 2. The molecule has 0 unspecified atom stereocenters. The molecule has 19 heavy (non-hydrogen) atoms. The van der Waals surface area contributed by atoms with Gasteiger partial charge in [-0.2, -0.15) is 0 Å². The number of aliphatic hydroxyl groups is 2. The van der Waals surface area contributed by atoms with E-state index < -0.39 is 17.4 Å². The molecule has 0 aromatic heterocycles. The fraction of sp³-hybridized carbons (Fsp3) is 0.538. The van der Waals surface area contributed by atoms with E-state index in [4.69, 9.17) is 10.2 Å². The van der Waals surface area contributed by atoms with Gasteiger partial charge in [-0.3, -0.25) is 9.59 Å². The van der Waals surface area contributed by atoms with E-state index in [1.807, 2.05) is 0 Å². The second kappa shape index (κ2) is 8.98. The van der Waals surface area contributed by atoms with Crippen LogP contribution in [-0.2, 0) is 19.1 Å². The van der Waals surface area contributed by atoms with Gasteiger partial charge in [0.1, 0.15) is 13.2 Å². The highest BCUT2D eigenvalue weighted by Crippen LogP contribution is 2.29. The second-order valence-corrected chi connectivity index (χ2v) is 3.44. The number of esters is 2. The predicted octanol–water partition coefficient (Wildman–Crippen LogP) is -0.910. The Bertz CT molecular complexity index is 390. The third-order valence-corrected chi connectivity index (χ3v) is 2.34. The van der Waals surface area contributed by atoms with Crippen molar-refractivity contribution < 1.29 is 29.3 Å². The normalized spacial score (nSPS) is 9.47. The Balaban J connectivity index is 5.43. The van der Waals surface area contributed by atoms with Crippen LogP contribution in [0.2, 0.25) is 0 Å². The zero-order chi connectivity index (χ0) is 14.7. The number of carbonyl (C=O) groups is 2. The molecule has 0 spiro atoms. The van der Waals surface area contributed by atoms with E-state index in [1.165, 1.54) is 0 Å². The number of ether oxygens (including phenoxy) is 2. The van der Waals surface area contributed by atoms with Crippen LogP contribution < -0.4 is 0 Å². The van der Waals surface area contributed by atoms with Crippen molar-refractivity contribution in [2.45, 2.75) is 12.8 Å². The minimum atomic E-state index is -1.67. The van der Waals surface area contributed by atoms with Gasteiger partial charge in [0.05, 0.1) is 14.2 Å². The molecule has 6 nitrogen and oxygen atoms in total. The van der Waals surface area contributed by atoms with E-state index >= 15 is 0 Å². The molecule has 0 aliphatic heterocycles. The largest absolute Gasteiger partial charge is 0.468 e. The number of hydrogen-bond acceptors (Lipinski definition) is 6. The van der Waals surface area contributed by atoms with Crippen LogP contribution in [0.4, 0.5) is 0 Å². The Morgan fingerprint density at radius 3 is 1.53 bits per heavy atom. The molecule has 0 amide bonds. The van der Waals surface area contributed by atoms with Crippen LogP contribution in [0.5, 0.6) is 0 Å². The molecule has 0 atom stereocenters. The van der Waals surface area contributed by atoms with E-state index in [1.54, 1.807) is 0 Å². The van der Waals surface area contributed by atoms with Gasteiger partial charge >= 0.3 is 11.9 Å². The lowest BCUT2D eigenvalue weighted by Gasteiger charge is -2.23. The van der Waals surface area contributed by atoms with E-state index in [2.05, 4.69) is 33.2 Å². The van der Waals surface area contributed by atoms with Gasteiger partial charge in [-0.15, -0.1) is 0 Å². The molecular formula is C13H16O6. The van der Waals surface area contributed by atoms with E-state index in [0.29, 0.717) is 0 Å². The van der Waals surface area contributed by atoms with Gasteiger partial charge in [0, 0.05) is 12.8 Å². The first-order valence-electron chi connectivity index (χ1n) is 5.39. The second-order valence-electron chi connectivity index (χ2n) is 3.44. The Morgan fingerprint density at radius 1 is 0.895 bits per heavy atom. The van der Waals surface area contributed by atoms with Gasteiger partial charge in [0.25, 0.3) is 0 Å². The molecule has 0 radical (unpaired) electrons. The quantitative estimate of drug-likeness (QED) is 0.389. The van der Waals surface area contributed by atoms with Crippen molar-refractivity contribution in [3.8, 4) is 23.7 Å². The maximum absolute atomic E-state index is 11.8. The summed E-state index contributed by atoms with van der Waals surface area (Å²) in [5.74, 6) is 8.05. The highest BCUT2D eigenvalue weighted by atomic mass is 16.5. The highest BCUT2D eigenvalue weighted by molar-refractivity contribution is 6.00. The smallest absolute Gasteiger partial charge is 0.325 e. The molecule has 0 aliphatic carbocycles. The van der Waals surface area contributed by atoms with Gasteiger partial charge in [0.2, 0.25) is 0 Å². The number of methoxy groups -OCH3 is 2. The molecule has 6 heteroatoms. The molecule has 0 fully saturated rings. The molecule has 2 N–H and O–H groups in total. The van der Waals surface area contributed by atoms with Crippen LogP contribution in [0, 0.1) is 29.1 Å². The third-order valence-electron chi connectivity index (χ3n) is 2.34. The number of hydrogen-bond donors (Lipinski definition) is 2. The van der Waals surface area contributed by atoms with Crippen LogP contribution in [0.15, 0.2) is 0 Å². The molecule has 0 aromatic carbocycles. The predicted molar refractivity (Wildman–Crippen MR) is 65.4 cm³/mol. The number of rotatable bonds is 4. The van der Waals surface area contributed by atoms with E-state index in [-0.39, 0.29) is 26.1 Å². The summed E-state index contributed by atoms with van der Waals surface area (Å²) in [7, 11) is 2.28. The van der Waals surface area contributed by atoms with Crippen LogP contribution in [0.3, 0.4) is 0 Å². The Morgan fingerprint density at radius 2 is 1.26 bits per heavy atom. The van der Waals surface area contributed by atoms with Crippen molar-refractivity contribution in [2.24, 2.45) is 5.41 Å². The van der Waals surface area contributed by atoms with Crippen LogP contribution >= 0.6 is 0 Å². The lowest BCUT2D eigenvalue weighted by molar-refractivity contribution is -0.168. The summed E-state index contributed by atoms with van der Waals surface area (Å²) in [5.41, 5.74) is -1.67. The fourth-order valence-electron chi connectivity index (χ4n) is 1.36. The standard InChI is InChI=1S/C13H16O6/c1-18-11(16)13(12(17)19-2,7-3-5-9-14)8-4-6-10-15/h14-15H,7-10H2,1-2H3. The first-order chi connectivity index (χ1) is 9.08. The van der Waals surface area contributed by atoms with Crippen LogP contribution in [0.1, 0.15) is 12.8 Å². The summed E-state index contributed by atoms with van der Waals surface area (Å²) in [6.07, 6.45) is -0.375. The first-order valence-corrected chi connectivity index (χ1v) is 5.39. The molecule has 0 aromatic rings. The van der Waals surface area contributed by atoms with Crippen LogP contribution in [-0.4, -0.2) is 49.6 Å². The Hall–Kier alpha value is -2.02. The van der Waals surface area contributed by atoms with Gasteiger partial charge in [-0.1, -0.05) is 23.7 Å². The highest BCUT2D eigenvalue weighted by Gasteiger charge is 2.47. The summed E-state index contributed by atoms with van der Waals surface area (Å²) in [4.78, 5) is 23.7. The van der Waals surface area contributed by atoms with Crippen molar-refractivity contribution in [3.63, 3.8) is 0 Å². The van der Waals surface area contributed by atoms with E-state index in [0.717, 1.165) is 14.2 Å². The molecular weight excluding hydrogens is 252 g/mol. The average molecular weight is 268 g/mol. The lowest BCUT2D eigenvalue weighted by Crippen LogP contribution is -2.40. The van der Waals surface area contributed by atoms with Crippen molar-refractivity contribution in [3.05, 3.63) is 0 Å². The minimum absolute atomic E-state index is 0.187. The Kier molecular flexibility index (Phi) is 8.03. The monoisotopic (exact) mass is 268 g/mol. The van der Waals surface area contributed by atoms with Crippen molar-refractivity contribution in [2.75, 3.05) is 27.4 Å². The summed E-state index contributed by atoms with van der Waals surface area (Å²) in [5, 5.41) is 17.2. The molecule has 104 valence electrons. The summed E-state index contributed by atoms with van der Waals surface area (Å²) in [6.45, 7) is -0.776. The minimum Gasteiger partial charge on any atom is -0.468 e. The summed E-state index contributed by atoms with van der Waals surface area (Å²) in [6, 6.07) is 0. The zero-order valence-corrected chi connectivity index (χ0v) is 10.9. The SMILES string of the molecule is COC(=O)C(CC#CCO)(CC#CCO)C(=O)OC. The average Bonchev–Trinajstić information content (AvgIpc) is 2.44. The molecule has 0 rings (SSSR count). The number of carbonyl (C=O) groups excluding carboxylic acids is 2. The topological polar surface area (TPSA) is 93.1 Å².